The highest BCUT2D eigenvalue weighted by Crippen LogP contribution is 2.31. The van der Waals surface area contributed by atoms with E-state index < -0.39 is 5.41 Å². The van der Waals surface area contributed by atoms with Crippen molar-refractivity contribution >= 4 is 17.9 Å². The van der Waals surface area contributed by atoms with Crippen LogP contribution in [0.25, 0.3) is 0 Å². The quantitative estimate of drug-likeness (QED) is 0.757. The fraction of sp³-hybridized carbons (Fsp3) is 0.235. The maximum atomic E-state index is 11.6. The summed E-state index contributed by atoms with van der Waals surface area (Å²) >= 11 is 6.23. The average molecular weight is 273 g/mol. The molecule has 0 aliphatic heterocycles. The van der Waals surface area contributed by atoms with Crippen molar-refractivity contribution in [1.82, 2.24) is 0 Å². The number of aldehydes is 1. The maximum absolute atomic E-state index is 11.6. The molecule has 2 aromatic rings. The van der Waals surface area contributed by atoms with E-state index in [2.05, 4.69) is 19.1 Å². The summed E-state index contributed by atoms with van der Waals surface area (Å²) in [5.41, 5.74) is 2.64. The van der Waals surface area contributed by atoms with Crippen LogP contribution in [0.3, 0.4) is 0 Å². The molecule has 0 amide bonds. The third-order valence-electron chi connectivity index (χ3n) is 3.40. The number of halogens is 1. The molecule has 0 aliphatic rings. The molecule has 0 saturated heterocycles. The fourth-order valence-electron chi connectivity index (χ4n) is 2.37. The second kappa shape index (κ2) is 5.58. The molecule has 0 spiro atoms. The van der Waals surface area contributed by atoms with E-state index in [9.17, 15) is 4.79 Å². The lowest BCUT2D eigenvalue weighted by atomic mass is 9.78. The molecule has 2 rings (SSSR count). The molecule has 19 heavy (non-hydrogen) atoms. The average Bonchev–Trinajstić information content (AvgIpc) is 2.39. The Bertz CT molecular complexity index is 591. The van der Waals surface area contributed by atoms with Gasteiger partial charge in [-0.15, -0.1) is 0 Å². The van der Waals surface area contributed by atoms with Crippen LogP contribution in [0.1, 0.15) is 23.6 Å². The SMILES string of the molecule is Cc1cccc(CC(C)(C=O)c2ccccc2Cl)c1. The zero-order chi connectivity index (χ0) is 13.9. The largest absolute Gasteiger partial charge is 0.302 e. The second-order valence-electron chi connectivity index (χ2n) is 5.18. The van der Waals surface area contributed by atoms with Gasteiger partial charge in [-0.2, -0.15) is 0 Å². The number of carbonyl (C=O) groups is 1. The third-order valence-corrected chi connectivity index (χ3v) is 3.73. The first kappa shape index (κ1) is 13.8. The van der Waals surface area contributed by atoms with Gasteiger partial charge in [0.15, 0.2) is 0 Å². The summed E-state index contributed by atoms with van der Waals surface area (Å²) in [5, 5.41) is 0.643. The van der Waals surface area contributed by atoms with E-state index in [1.807, 2.05) is 43.3 Å². The summed E-state index contributed by atoms with van der Waals surface area (Å²) in [6.07, 6.45) is 1.65. The minimum Gasteiger partial charge on any atom is -0.302 e. The van der Waals surface area contributed by atoms with Gasteiger partial charge in [-0.3, -0.25) is 0 Å². The Kier molecular flexibility index (Phi) is 4.06. The lowest BCUT2D eigenvalue weighted by molar-refractivity contribution is -0.112. The van der Waals surface area contributed by atoms with E-state index in [0.717, 1.165) is 17.4 Å². The van der Waals surface area contributed by atoms with Crippen LogP contribution in [0.4, 0.5) is 0 Å². The molecule has 0 fully saturated rings. The van der Waals surface area contributed by atoms with Crippen molar-refractivity contribution in [3.05, 3.63) is 70.2 Å². The van der Waals surface area contributed by atoms with Gasteiger partial charge in [0.25, 0.3) is 0 Å². The number of benzene rings is 2. The standard InChI is InChI=1S/C17H17ClO/c1-13-6-5-7-14(10-13)11-17(2,12-19)15-8-3-4-9-16(15)18/h3-10,12H,11H2,1-2H3. The smallest absolute Gasteiger partial charge is 0.130 e. The zero-order valence-corrected chi connectivity index (χ0v) is 11.9. The fourth-order valence-corrected chi connectivity index (χ4v) is 2.72. The number of hydrogen-bond acceptors (Lipinski definition) is 1. The van der Waals surface area contributed by atoms with Crippen LogP contribution in [0.2, 0.25) is 5.02 Å². The Morgan fingerprint density at radius 1 is 1.16 bits per heavy atom. The Morgan fingerprint density at radius 2 is 1.89 bits per heavy atom. The Hall–Kier alpha value is -1.60. The Labute approximate surface area is 119 Å². The minimum atomic E-state index is -0.591. The van der Waals surface area contributed by atoms with Gasteiger partial charge in [-0.05, 0) is 37.5 Å². The molecule has 0 aliphatic carbocycles. The summed E-state index contributed by atoms with van der Waals surface area (Å²) in [6.45, 7) is 3.99. The van der Waals surface area contributed by atoms with Gasteiger partial charge in [0, 0.05) is 5.02 Å². The number of carbonyl (C=O) groups excluding carboxylic acids is 1. The molecule has 1 unspecified atom stereocenters. The van der Waals surface area contributed by atoms with Gasteiger partial charge in [0.05, 0.1) is 5.41 Å². The van der Waals surface area contributed by atoms with Crippen molar-refractivity contribution in [1.29, 1.82) is 0 Å². The highest BCUT2D eigenvalue weighted by atomic mass is 35.5. The van der Waals surface area contributed by atoms with Gasteiger partial charge in [-0.25, -0.2) is 0 Å². The molecule has 2 aromatic carbocycles. The Morgan fingerprint density at radius 3 is 2.53 bits per heavy atom. The Balaban J connectivity index is 2.39. The minimum absolute atomic E-state index is 0.591. The number of hydrogen-bond donors (Lipinski definition) is 0. The van der Waals surface area contributed by atoms with Gasteiger partial charge in [-0.1, -0.05) is 59.6 Å². The van der Waals surface area contributed by atoms with Crippen LogP contribution < -0.4 is 0 Å². The molecule has 1 atom stereocenters. The van der Waals surface area contributed by atoms with Gasteiger partial charge in [0.1, 0.15) is 6.29 Å². The summed E-state index contributed by atoms with van der Waals surface area (Å²) in [6, 6.07) is 15.8. The van der Waals surface area contributed by atoms with Crippen LogP contribution in [-0.2, 0) is 16.6 Å². The van der Waals surface area contributed by atoms with Crippen LogP contribution >= 0.6 is 11.6 Å². The van der Waals surface area contributed by atoms with E-state index in [1.54, 1.807) is 0 Å². The van der Waals surface area contributed by atoms with E-state index >= 15 is 0 Å². The predicted octanol–water partition coefficient (Wildman–Crippen LogP) is 4.35. The molecule has 2 heteroatoms. The van der Waals surface area contributed by atoms with Gasteiger partial charge < -0.3 is 4.79 Å². The topological polar surface area (TPSA) is 17.1 Å². The molecule has 0 heterocycles. The molecule has 1 nitrogen and oxygen atoms in total. The van der Waals surface area contributed by atoms with Crippen LogP contribution in [0.15, 0.2) is 48.5 Å². The zero-order valence-electron chi connectivity index (χ0n) is 11.2. The van der Waals surface area contributed by atoms with Crippen molar-refractivity contribution in [2.75, 3.05) is 0 Å². The lowest BCUT2D eigenvalue weighted by Gasteiger charge is -2.25. The molecular formula is C17H17ClO. The van der Waals surface area contributed by atoms with Gasteiger partial charge >= 0.3 is 0 Å². The second-order valence-corrected chi connectivity index (χ2v) is 5.59. The van der Waals surface area contributed by atoms with Crippen LogP contribution in [0, 0.1) is 6.92 Å². The normalized spacial score (nSPS) is 13.8. The summed E-state index contributed by atoms with van der Waals surface area (Å²) in [4.78, 5) is 11.6. The molecule has 98 valence electrons. The number of rotatable bonds is 4. The van der Waals surface area contributed by atoms with Crippen molar-refractivity contribution < 1.29 is 4.79 Å². The van der Waals surface area contributed by atoms with Crippen molar-refractivity contribution in [2.24, 2.45) is 0 Å². The highest BCUT2D eigenvalue weighted by Gasteiger charge is 2.28. The summed E-state index contributed by atoms with van der Waals surface area (Å²) in [5.74, 6) is 0. The molecule has 0 bridgehead atoms. The van der Waals surface area contributed by atoms with Gasteiger partial charge in [0.2, 0.25) is 0 Å². The van der Waals surface area contributed by atoms with Crippen LogP contribution in [-0.4, -0.2) is 6.29 Å². The highest BCUT2D eigenvalue weighted by molar-refractivity contribution is 6.31. The lowest BCUT2D eigenvalue weighted by Crippen LogP contribution is -2.27. The molecule has 0 radical (unpaired) electrons. The molecular weight excluding hydrogens is 256 g/mol. The predicted molar refractivity (Wildman–Crippen MR) is 79.8 cm³/mol. The van der Waals surface area contributed by atoms with Crippen molar-refractivity contribution in [3.63, 3.8) is 0 Å². The van der Waals surface area contributed by atoms with Crippen LogP contribution in [0.5, 0.6) is 0 Å². The molecule has 0 aromatic heterocycles. The van der Waals surface area contributed by atoms with Crippen molar-refractivity contribution in [2.45, 2.75) is 25.7 Å². The van der Waals surface area contributed by atoms with E-state index in [0.29, 0.717) is 11.4 Å². The van der Waals surface area contributed by atoms with E-state index in [-0.39, 0.29) is 0 Å². The van der Waals surface area contributed by atoms with E-state index in [4.69, 9.17) is 11.6 Å². The number of aryl methyl sites for hydroxylation is 1. The molecule has 0 N–H and O–H groups in total. The first-order valence-electron chi connectivity index (χ1n) is 6.32. The first-order chi connectivity index (χ1) is 9.05. The monoisotopic (exact) mass is 272 g/mol. The van der Waals surface area contributed by atoms with E-state index in [1.165, 1.54) is 5.56 Å². The summed E-state index contributed by atoms with van der Waals surface area (Å²) in [7, 11) is 0. The summed E-state index contributed by atoms with van der Waals surface area (Å²) < 4.78 is 0. The maximum Gasteiger partial charge on any atom is 0.130 e. The first-order valence-corrected chi connectivity index (χ1v) is 6.70. The third kappa shape index (κ3) is 3.05. The molecule has 0 saturated carbocycles. The van der Waals surface area contributed by atoms with Crippen molar-refractivity contribution in [3.8, 4) is 0 Å².